The van der Waals surface area contributed by atoms with Crippen LogP contribution in [0, 0.1) is 5.82 Å². The molecule has 4 rings (SSSR count). The van der Waals surface area contributed by atoms with Gasteiger partial charge in [-0.1, -0.05) is 23.9 Å². The molecule has 1 saturated heterocycles. The summed E-state index contributed by atoms with van der Waals surface area (Å²) in [6.45, 7) is 1.75. The molecule has 1 aromatic heterocycles. The minimum atomic E-state index is -0.399. The number of hydrogen-bond acceptors (Lipinski definition) is 5. The molecule has 136 valence electrons. The summed E-state index contributed by atoms with van der Waals surface area (Å²) in [6.07, 6.45) is 1.86. The Morgan fingerprint density at radius 1 is 1.22 bits per heavy atom. The van der Waals surface area contributed by atoms with Gasteiger partial charge >= 0.3 is 0 Å². The van der Waals surface area contributed by atoms with Gasteiger partial charge in [0.15, 0.2) is 5.78 Å². The van der Waals surface area contributed by atoms with Gasteiger partial charge in [0.2, 0.25) is 5.91 Å². The summed E-state index contributed by atoms with van der Waals surface area (Å²) in [4.78, 5) is 31.1. The molecule has 7 heteroatoms. The topological polar surface area (TPSA) is 50.3 Å². The van der Waals surface area contributed by atoms with E-state index in [1.807, 2.05) is 37.3 Å². The summed E-state index contributed by atoms with van der Waals surface area (Å²) < 4.78 is 14.1. The van der Waals surface area contributed by atoms with Crippen molar-refractivity contribution in [3.8, 4) is 0 Å². The van der Waals surface area contributed by atoms with E-state index >= 15 is 0 Å². The number of halogens is 1. The highest BCUT2D eigenvalue weighted by Crippen LogP contribution is 2.37. The molecule has 3 aromatic rings. The van der Waals surface area contributed by atoms with Crippen LogP contribution in [0.25, 0.3) is 16.3 Å². The van der Waals surface area contributed by atoms with Crippen LogP contribution in [-0.2, 0) is 4.79 Å². The lowest BCUT2D eigenvalue weighted by Gasteiger charge is -2.16. The predicted octanol–water partition coefficient (Wildman–Crippen LogP) is 4.58. The van der Waals surface area contributed by atoms with Crippen molar-refractivity contribution in [2.45, 2.75) is 12.2 Å². The molecule has 1 unspecified atom stereocenters. The van der Waals surface area contributed by atoms with Crippen molar-refractivity contribution in [1.82, 2.24) is 9.88 Å². The van der Waals surface area contributed by atoms with Crippen LogP contribution in [0.1, 0.15) is 22.3 Å². The number of ketones is 1. The number of rotatable bonds is 4. The third-order valence-electron chi connectivity index (χ3n) is 4.20. The highest BCUT2D eigenvalue weighted by Gasteiger charge is 2.35. The fourth-order valence-electron chi connectivity index (χ4n) is 2.82. The molecule has 1 aliphatic heterocycles. The van der Waals surface area contributed by atoms with E-state index in [-0.39, 0.29) is 23.5 Å². The van der Waals surface area contributed by atoms with Gasteiger partial charge < -0.3 is 0 Å². The van der Waals surface area contributed by atoms with Crippen molar-refractivity contribution in [3.05, 3.63) is 69.9 Å². The third-order valence-corrected chi connectivity index (χ3v) is 6.32. The lowest BCUT2D eigenvalue weighted by molar-refractivity contribution is -0.126. The fourth-order valence-corrected chi connectivity index (χ4v) is 4.85. The minimum Gasteiger partial charge on any atom is -0.298 e. The first kappa shape index (κ1) is 17.9. The van der Waals surface area contributed by atoms with Gasteiger partial charge in [0.05, 0.1) is 27.0 Å². The van der Waals surface area contributed by atoms with Gasteiger partial charge in [-0.05, 0) is 43.3 Å². The van der Waals surface area contributed by atoms with E-state index in [9.17, 15) is 14.0 Å². The highest BCUT2D eigenvalue weighted by atomic mass is 32.2. The summed E-state index contributed by atoms with van der Waals surface area (Å²) in [7, 11) is 0. The van der Waals surface area contributed by atoms with E-state index in [0.717, 1.165) is 15.2 Å². The van der Waals surface area contributed by atoms with Crippen molar-refractivity contribution in [3.63, 3.8) is 0 Å². The molecule has 0 saturated carbocycles. The second-order valence-corrected chi connectivity index (χ2v) is 8.54. The van der Waals surface area contributed by atoms with E-state index in [1.54, 1.807) is 11.3 Å². The summed E-state index contributed by atoms with van der Waals surface area (Å²) in [5.74, 6) is -0.736. The van der Waals surface area contributed by atoms with Gasteiger partial charge in [-0.2, -0.15) is 0 Å². The monoisotopic (exact) mass is 398 g/mol. The summed E-state index contributed by atoms with van der Waals surface area (Å²) in [6, 6.07) is 13.2. The van der Waals surface area contributed by atoms with E-state index in [0.29, 0.717) is 10.6 Å². The Labute approximate surface area is 163 Å². The SMILES string of the molecule is CC1SC(=Cc2nc3ccccc3s2)N(CC(=O)c2ccc(F)cc2)C1=O. The van der Waals surface area contributed by atoms with Crippen LogP contribution in [-0.4, -0.2) is 33.4 Å². The number of fused-ring (bicyclic) bond motifs is 1. The highest BCUT2D eigenvalue weighted by molar-refractivity contribution is 8.04. The average molecular weight is 398 g/mol. The standard InChI is InChI=1S/C20H15FN2O2S2/c1-12-20(25)23(11-16(24)13-6-8-14(21)9-7-13)19(26-12)10-18-22-15-4-2-3-5-17(15)27-18/h2-10,12H,11H2,1H3. The van der Waals surface area contributed by atoms with Gasteiger partial charge in [0, 0.05) is 11.6 Å². The Morgan fingerprint density at radius 2 is 1.96 bits per heavy atom. The molecule has 0 radical (unpaired) electrons. The number of benzene rings is 2. The quantitative estimate of drug-likeness (QED) is 0.604. The predicted molar refractivity (Wildman–Crippen MR) is 107 cm³/mol. The third kappa shape index (κ3) is 3.65. The van der Waals surface area contributed by atoms with Crippen LogP contribution in [0.3, 0.4) is 0 Å². The number of aromatic nitrogens is 1. The maximum absolute atomic E-state index is 13.1. The number of para-hydroxylation sites is 1. The van der Waals surface area contributed by atoms with E-state index in [4.69, 9.17) is 0 Å². The Bertz CT molecular complexity index is 1030. The molecule has 2 aromatic carbocycles. The largest absolute Gasteiger partial charge is 0.298 e. The molecule has 27 heavy (non-hydrogen) atoms. The summed E-state index contributed by atoms with van der Waals surface area (Å²) >= 11 is 2.96. The van der Waals surface area contributed by atoms with Gasteiger partial charge in [-0.25, -0.2) is 9.37 Å². The van der Waals surface area contributed by atoms with Crippen LogP contribution in [0.5, 0.6) is 0 Å². The molecule has 1 aliphatic rings. The average Bonchev–Trinajstić information content (AvgIpc) is 3.18. The molecule has 0 spiro atoms. The summed E-state index contributed by atoms with van der Waals surface area (Å²) in [5, 5.41) is 1.24. The van der Waals surface area contributed by atoms with Crippen molar-refractivity contribution < 1.29 is 14.0 Å². The molecular weight excluding hydrogens is 383 g/mol. The summed E-state index contributed by atoms with van der Waals surface area (Å²) in [5.41, 5.74) is 1.29. The van der Waals surface area contributed by atoms with Crippen molar-refractivity contribution in [2.75, 3.05) is 6.54 Å². The number of carbonyl (C=O) groups excluding carboxylic acids is 2. The molecule has 2 heterocycles. The zero-order valence-electron chi connectivity index (χ0n) is 14.4. The molecular formula is C20H15FN2O2S2. The van der Waals surface area contributed by atoms with Crippen LogP contribution in [0.4, 0.5) is 4.39 Å². The fraction of sp³-hybridized carbons (Fsp3) is 0.150. The zero-order chi connectivity index (χ0) is 19.0. The molecule has 1 fully saturated rings. The number of Topliss-reactive ketones (excluding diaryl/α,β-unsaturated/α-hetero) is 1. The van der Waals surface area contributed by atoms with E-state index in [1.165, 1.54) is 40.9 Å². The van der Waals surface area contributed by atoms with Crippen molar-refractivity contribution >= 4 is 51.1 Å². The Hall–Kier alpha value is -2.51. The Balaban J connectivity index is 1.61. The molecule has 1 amide bonds. The van der Waals surface area contributed by atoms with Crippen LogP contribution in [0.15, 0.2) is 53.6 Å². The first-order valence-corrected chi connectivity index (χ1v) is 10.0. The van der Waals surface area contributed by atoms with Gasteiger partial charge in [0.1, 0.15) is 10.8 Å². The van der Waals surface area contributed by atoms with Gasteiger partial charge in [0.25, 0.3) is 0 Å². The Kier molecular flexibility index (Phi) is 4.80. The van der Waals surface area contributed by atoms with Gasteiger partial charge in [-0.3, -0.25) is 14.5 Å². The molecule has 1 atom stereocenters. The van der Waals surface area contributed by atoms with Crippen LogP contribution in [0.2, 0.25) is 0 Å². The number of thioether (sulfide) groups is 1. The number of hydrogen-bond donors (Lipinski definition) is 0. The first-order valence-electron chi connectivity index (χ1n) is 8.35. The second-order valence-electron chi connectivity index (χ2n) is 6.12. The smallest absolute Gasteiger partial charge is 0.241 e. The van der Waals surface area contributed by atoms with E-state index < -0.39 is 5.82 Å². The molecule has 4 nitrogen and oxygen atoms in total. The zero-order valence-corrected chi connectivity index (χ0v) is 16.0. The number of nitrogens with zero attached hydrogens (tertiary/aromatic N) is 2. The van der Waals surface area contributed by atoms with Crippen LogP contribution >= 0.6 is 23.1 Å². The number of amides is 1. The molecule has 0 aliphatic carbocycles. The van der Waals surface area contributed by atoms with Crippen molar-refractivity contribution in [2.24, 2.45) is 0 Å². The number of thiazole rings is 1. The van der Waals surface area contributed by atoms with Crippen molar-refractivity contribution in [1.29, 1.82) is 0 Å². The maximum atomic E-state index is 13.1. The van der Waals surface area contributed by atoms with E-state index in [2.05, 4.69) is 4.98 Å². The normalized spacial score (nSPS) is 18.6. The molecule has 0 bridgehead atoms. The van der Waals surface area contributed by atoms with Crippen LogP contribution < -0.4 is 0 Å². The maximum Gasteiger partial charge on any atom is 0.241 e. The first-order chi connectivity index (χ1) is 13.0. The minimum absolute atomic E-state index is 0.0709. The Morgan fingerprint density at radius 3 is 2.70 bits per heavy atom. The molecule has 0 N–H and O–H groups in total. The lowest BCUT2D eigenvalue weighted by Crippen LogP contribution is -2.32. The second kappa shape index (κ2) is 7.25. The van der Waals surface area contributed by atoms with Gasteiger partial charge in [-0.15, -0.1) is 11.3 Å². The lowest BCUT2D eigenvalue weighted by atomic mass is 10.1. The number of carbonyl (C=O) groups is 2.